The molecule has 0 aliphatic carbocycles. The predicted octanol–water partition coefficient (Wildman–Crippen LogP) is 3.07. The van der Waals surface area contributed by atoms with Gasteiger partial charge in [-0.05, 0) is 44.1 Å². The minimum atomic E-state index is 0.897. The lowest BCUT2D eigenvalue weighted by Crippen LogP contribution is -2.24. The highest BCUT2D eigenvalue weighted by molar-refractivity contribution is 5.89. The number of H-pyrrole nitrogens is 2. The molecule has 0 amide bonds. The van der Waals surface area contributed by atoms with Gasteiger partial charge in [-0.1, -0.05) is 19.1 Å². The van der Waals surface area contributed by atoms with Crippen molar-refractivity contribution in [1.82, 2.24) is 29.7 Å². The number of hydrogen-bond acceptors (Lipinski definition) is 3. The van der Waals surface area contributed by atoms with Crippen molar-refractivity contribution in [2.24, 2.45) is 7.05 Å². The van der Waals surface area contributed by atoms with Crippen molar-refractivity contribution in [1.29, 1.82) is 0 Å². The van der Waals surface area contributed by atoms with Crippen molar-refractivity contribution >= 4 is 28.6 Å². The Bertz CT molecular complexity index is 1250. The third kappa shape index (κ3) is 3.07. The SMILES string of the molecule is C\C=C(/C=c1/c(-c2cc3ccncc3[nH]2)n[nH]/c1=C\CC)c1cnc(C)n1C. The van der Waals surface area contributed by atoms with Gasteiger partial charge in [-0.3, -0.25) is 10.1 Å². The minimum absolute atomic E-state index is 0.897. The molecule has 0 unspecified atom stereocenters. The number of hydrogen-bond donors (Lipinski definition) is 2. The average molecular weight is 372 g/mol. The Kier molecular flexibility index (Phi) is 4.69. The summed E-state index contributed by atoms with van der Waals surface area (Å²) in [5.74, 6) is 0.985. The fraction of sp³-hybridized carbons (Fsp3) is 0.227. The maximum Gasteiger partial charge on any atom is 0.116 e. The number of allylic oxidation sites excluding steroid dienone is 2. The zero-order valence-corrected chi connectivity index (χ0v) is 16.6. The average Bonchev–Trinajstić information content (AvgIpc) is 3.38. The molecule has 6 heteroatoms. The third-order valence-corrected chi connectivity index (χ3v) is 5.05. The van der Waals surface area contributed by atoms with E-state index in [1.165, 1.54) is 0 Å². The van der Waals surface area contributed by atoms with Crippen LogP contribution in [0.4, 0.5) is 0 Å². The van der Waals surface area contributed by atoms with Crippen molar-refractivity contribution in [2.75, 3.05) is 0 Å². The lowest BCUT2D eigenvalue weighted by molar-refractivity contribution is 0.847. The topological polar surface area (TPSA) is 75.2 Å². The van der Waals surface area contributed by atoms with Gasteiger partial charge in [0.15, 0.2) is 0 Å². The van der Waals surface area contributed by atoms with Crippen LogP contribution in [0.3, 0.4) is 0 Å². The largest absolute Gasteiger partial charge is 0.352 e. The second-order valence-corrected chi connectivity index (χ2v) is 6.80. The molecule has 4 heterocycles. The van der Waals surface area contributed by atoms with Crippen LogP contribution in [-0.2, 0) is 7.05 Å². The van der Waals surface area contributed by atoms with Crippen LogP contribution in [0.1, 0.15) is 31.8 Å². The normalized spacial score (nSPS) is 13.8. The van der Waals surface area contributed by atoms with Gasteiger partial charge in [-0.2, -0.15) is 5.10 Å². The summed E-state index contributed by atoms with van der Waals surface area (Å²) in [6.07, 6.45) is 12.9. The van der Waals surface area contributed by atoms with Crippen molar-refractivity contribution in [3.63, 3.8) is 0 Å². The van der Waals surface area contributed by atoms with Crippen molar-refractivity contribution < 1.29 is 0 Å². The van der Waals surface area contributed by atoms with E-state index in [-0.39, 0.29) is 0 Å². The van der Waals surface area contributed by atoms with Crippen LogP contribution >= 0.6 is 0 Å². The number of aromatic amines is 2. The molecule has 0 saturated carbocycles. The molecule has 142 valence electrons. The van der Waals surface area contributed by atoms with E-state index in [0.29, 0.717) is 0 Å². The highest BCUT2D eigenvalue weighted by Gasteiger charge is 2.11. The highest BCUT2D eigenvalue weighted by atomic mass is 15.1. The molecule has 0 bridgehead atoms. The van der Waals surface area contributed by atoms with Crippen LogP contribution in [0.25, 0.3) is 40.0 Å². The Labute approximate surface area is 163 Å². The van der Waals surface area contributed by atoms with Crippen molar-refractivity contribution in [3.05, 3.63) is 58.9 Å². The molecular formula is C22H24N6. The van der Waals surface area contributed by atoms with Crippen molar-refractivity contribution in [3.8, 4) is 11.4 Å². The van der Waals surface area contributed by atoms with E-state index in [0.717, 1.165) is 56.4 Å². The summed E-state index contributed by atoms with van der Waals surface area (Å²) >= 11 is 0. The van der Waals surface area contributed by atoms with Crippen LogP contribution in [0.2, 0.25) is 0 Å². The second-order valence-electron chi connectivity index (χ2n) is 6.80. The maximum atomic E-state index is 4.62. The molecule has 0 saturated heterocycles. The van der Waals surface area contributed by atoms with Gasteiger partial charge in [-0.15, -0.1) is 0 Å². The van der Waals surface area contributed by atoms with Crippen LogP contribution in [0, 0.1) is 6.92 Å². The Morgan fingerprint density at radius 2 is 2.14 bits per heavy atom. The molecule has 4 aromatic heterocycles. The molecular weight excluding hydrogens is 348 g/mol. The molecule has 0 radical (unpaired) electrons. The van der Waals surface area contributed by atoms with Crippen LogP contribution in [0.15, 0.2) is 36.8 Å². The summed E-state index contributed by atoms with van der Waals surface area (Å²) in [7, 11) is 2.04. The molecule has 4 rings (SSSR count). The summed E-state index contributed by atoms with van der Waals surface area (Å²) in [4.78, 5) is 12.1. The number of nitrogens with zero attached hydrogens (tertiary/aromatic N) is 4. The number of fused-ring (bicyclic) bond motifs is 1. The number of aryl methyl sites for hydroxylation is 1. The van der Waals surface area contributed by atoms with Gasteiger partial charge in [0, 0.05) is 23.8 Å². The van der Waals surface area contributed by atoms with Crippen LogP contribution < -0.4 is 10.6 Å². The number of aromatic nitrogens is 6. The standard InChI is InChI=1S/C22H24N6/c1-5-7-18-17(10-15(6-2)21-13-24-14(3)28(21)4)22(27-26-18)19-11-16-8-9-23-12-20(16)25-19/h6-13,25-26H,5H2,1-4H3/b15-6+,17-10+,18-7-. The Hall–Kier alpha value is -3.41. The first-order valence-corrected chi connectivity index (χ1v) is 9.46. The number of nitrogens with one attached hydrogen (secondary N) is 2. The zero-order chi connectivity index (χ0) is 19.7. The van der Waals surface area contributed by atoms with Gasteiger partial charge >= 0.3 is 0 Å². The smallest absolute Gasteiger partial charge is 0.116 e. The second kappa shape index (κ2) is 7.31. The fourth-order valence-corrected chi connectivity index (χ4v) is 3.41. The van der Waals surface area contributed by atoms with E-state index in [1.807, 2.05) is 39.4 Å². The number of imidazole rings is 1. The van der Waals surface area contributed by atoms with E-state index in [4.69, 9.17) is 0 Å². The first-order valence-electron chi connectivity index (χ1n) is 9.46. The van der Waals surface area contributed by atoms with Gasteiger partial charge in [0.25, 0.3) is 0 Å². The summed E-state index contributed by atoms with van der Waals surface area (Å²) in [5.41, 5.74) is 5.05. The molecule has 4 aromatic rings. The predicted molar refractivity (Wildman–Crippen MR) is 114 cm³/mol. The van der Waals surface area contributed by atoms with Gasteiger partial charge in [0.2, 0.25) is 0 Å². The van der Waals surface area contributed by atoms with E-state index in [9.17, 15) is 0 Å². The van der Waals surface area contributed by atoms with Gasteiger partial charge in [0.05, 0.1) is 34.6 Å². The quantitative estimate of drug-likeness (QED) is 0.578. The summed E-state index contributed by atoms with van der Waals surface area (Å²) in [6.45, 7) is 6.18. The van der Waals surface area contributed by atoms with Crippen molar-refractivity contribution in [2.45, 2.75) is 27.2 Å². The molecule has 0 aliphatic heterocycles. The molecule has 28 heavy (non-hydrogen) atoms. The molecule has 6 nitrogen and oxygen atoms in total. The molecule has 0 fully saturated rings. The zero-order valence-electron chi connectivity index (χ0n) is 16.6. The fourth-order valence-electron chi connectivity index (χ4n) is 3.41. The third-order valence-electron chi connectivity index (χ3n) is 5.05. The van der Waals surface area contributed by atoms with Crippen LogP contribution in [-0.4, -0.2) is 29.7 Å². The molecule has 0 atom stereocenters. The minimum Gasteiger partial charge on any atom is -0.352 e. The number of pyridine rings is 1. The van der Waals surface area contributed by atoms with E-state index in [1.54, 1.807) is 6.20 Å². The lowest BCUT2D eigenvalue weighted by Gasteiger charge is -2.04. The monoisotopic (exact) mass is 372 g/mol. The number of rotatable bonds is 4. The first-order chi connectivity index (χ1) is 13.6. The van der Waals surface area contributed by atoms with E-state index < -0.39 is 0 Å². The van der Waals surface area contributed by atoms with E-state index >= 15 is 0 Å². The Balaban J connectivity index is 1.95. The molecule has 0 aromatic carbocycles. The van der Waals surface area contributed by atoms with Gasteiger partial charge in [-0.25, -0.2) is 4.98 Å². The molecule has 2 N–H and O–H groups in total. The summed E-state index contributed by atoms with van der Waals surface area (Å²) in [6, 6.07) is 4.12. The van der Waals surface area contributed by atoms with Gasteiger partial charge < -0.3 is 9.55 Å². The highest BCUT2D eigenvalue weighted by Crippen LogP contribution is 2.20. The molecule has 0 aliphatic rings. The lowest BCUT2D eigenvalue weighted by atomic mass is 10.1. The Morgan fingerprint density at radius 3 is 2.82 bits per heavy atom. The molecule has 0 spiro atoms. The summed E-state index contributed by atoms with van der Waals surface area (Å²) < 4.78 is 2.10. The first kappa shape index (κ1) is 18.0. The van der Waals surface area contributed by atoms with Gasteiger partial charge in [0.1, 0.15) is 11.5 Å². The maximum absolute atomic E-state index is 4.62. The van der Waals surface area contributed by atoms with E-state index in [2.05, 4.69) is 60.9 Å². The summed E-state index contributed by atoms with van der Waals surface area (Å²) in [5, 5.41) is 11.0. The van der Waals surface area contributed by atoms with Crippen LogP contribution in [0.5, 0.6) is 0 Å². The Morgan fingerprint density at radius 1 is 1.29 bits per heavy atom.